The minimum absolute atomic E-state index is 0.133. The van der Waals surface area contributed by atoms with E-state index in [1.807, 2.05) is 4.90 Å². The van der Waals surface area contributed by atoms with Gasteiger partial charge in [-0.05, 0) is 12.8 Å². The van der Waals surface area contributed by atoms with Crippen LogP contribution in [0.4, 0.5) is 0 Å². The molecule has 1 saturated heterocycles. The first-order valence-corrected chi connectivity index (χ1v) is 7.20. The molecule has 0 atom stereocenters. The second-order valence-electron chi connectivity index (χ2n) is 4.32. The summed E-state index contributed by atoms with van der Waals surface area (Å²) in [7, 11) is 0. The Morgan fingerprint density at radius 1 is 1.33 bits per heavy atom. The van der Waals surface area contributed by atoms with E-state index in [0.29, 0.717) is 10.9 Å². The number of carbonyl (C=O) groups is 1. The molecule has 5 nitrogen and oxygen atoms in total. The summed E-state index contributed by atoms with van der Waals surface area (Å²) in [5.74, 6) is 0.473. The van der Waals surface area contributed by atoms with E-state index in [1.54, 1.807) is 0 Å². The summed E-state index contributed by atoms with van der Waals surface area (Å²) >= 11 is 1.29. The van der Waals surface area contributed by atoms with Crippen molar-refractivity contribution in [2.75, 3.05) is 18.8 Å². The van der Waals surface area contributed by atoms with Gasteiger partial charge < -0.3 is 9.88 Å². The molecule has 0 radical (unpaired) electrons. The molecule has 2 rings (SSSR count). The Labute approximate surface area is 110 Å². The molecule has 2 heterocycles. The number of hydrogen-bond acceptors (Lipinski definition) is 4. The standard InChI is InChI=1S/C12H17N3O2S/c16-10-5-6-13-12(14-10)18-9-11(17)15-7-3-1-2-4-8-15/h5-6H,1-4,7-9H2,(H,13,14,16). The number of amides is 1. The molecule has 18 heavy (non-hydrogen) atoms. The molecule has 0 aromatic carbocycles. The number of aromatic nitrogens is 2. The number of nitrogens with one attached hydrogen (secondary N) is 1. The third-order valence-electron chi connectivity index (χ3n) is 2.94. The van der Waals surface area contributed by atoms with Crippen LogP contribution in [0.2, 0.25) is 0 Å². The zero-order chi connectivity index (χ0) is 12.8. The van der Waals surface area contributed by atoms with E-state index >= 15 is 0 Å². The summed E-state index contributed by atoms with van der Waals surface area (Å²) in [5, 5.41) is 0.505. The molecule has 0 saturated carbocycles. The smallest absolute Gasteiger partial charge is 0.251 e. The van der Waals surface area contributed by atoms with E-state index in [4.69, 9.17) is 0 Å². The number of thioether (sulfide) groups is 1. The molecule has 0 bridgehead atoms. The zero-order valence-electron chi connectivity index (χ0n) is 10.2. The van der Waals surface area contributed by atoms with Gasteiger partial charge in [-0.2, -0.15) is 0 Å². The van der Waals surface area contributed by atoms with Crippen molar-refractivity contribution in [1.29, 1.82) is 0 Å². The van der Waals surface area contributed by atoms with Crippen LogP contribution in [0.1, 0.15) is 25.7 Å². The van der Waals surface area contributed by atoms with Crippen LogP contribution in [0.15, 0.2) is 22.2 Å². The van der Waals surface area contributed by atoms with Crippen molar-refractivity contribution in [2.24, 2.45) is 0 Å². The molecule has 1 aliphatic rings. The van der Waals surface area contributed by atoms with Crippen LogP contribution in [-0.4, -0.2) is 39.6 Å². The van der Waals surface area contributed by atoms with Crippen LogP contribution in [0.5, 0.6) is 0 Å². The molecule has 1 aromatic heterocycles. The highest BCUT2D eigenvalue weighted by Crippen LogP contribution is 2.14. The van der Waals surface area contributed by atoms with Crippen molar-refractivity contribution >= 4 is 17.7 Å². The highest BCUT2D eigenvalue weighted by atomic mass is 32.2. The van der Waals surface area contributed by atoms with Gasteiger partial charge in [0.2, 0.25) is 5.91 Å². The zero-order valence-corrected chi connectivity index (χ0v) is 11.0. The summed E-state index contributed by atoms with van der Waals surface area (Å²) < 4.78 is 0. The van der Waals surface area contributed by atoms with E-state index in [9.17, 15) is 9.59 Å². The van der Waals surface area contributed by atoms with Crippen molar-refractivity contribution in [1.82, 2.24) is 14.9 Å². The molecule has 1 aromatic rings. The van der Waals surface area contributed by atoms with Gasteiger partial charge in [-0.15, -0.1) is 0 Å². The Morgan fingerprint density at radius 3 is 2.72 bits per heavy atom. The molecule has 0 unspecified atom stereocenters. The van der Waals surface area contributed by atoms with E-state index in [0.717, 1.165) is 25.9 Å². The molecule has 1 aliphatic heterocycles. The molecule has 0 spiro atoms. The maximum atomic E-state index is 12.0. The second-order valence-corrected chi connectivity index (χ2v) is 5.29. The van der Waals surface area contributed by atoms with Crippen molar-refractivity contribution in [2.45, 2.75) is 30.8 Å². The summed E-state index contributed by atoms with van der Waals surface area (Å²) in [6, 6.07) is 1.36. The van der Waals surface area contributed by atoms with E-state index < -0.39 is 0 Å². The third-order valence-corrected chi connectivity index (χ3v) is 3.81. The molecule has 1 N–H and O–H groups in total. The summed E-state index contributed by atoms with van der Waals surface area (Å²) in [4.78, 5) is 31.6. The van der Waals surface area contributed by atoms with Crippen LogP contribution < -0.4 is 5.56 Å². The first-order valence-electron chi connectivity index (χ1n) is 6.21. The lowest BCUT2D eigenvalue weighted by molar-refractivity contribution is -0.128. The fraction of sp³-hybridized carbons (Fsp3) is 0.583. The lowest BCUT2D eigenvalue weighted by Crippen LogP contribution is -2.33. The summed E-state index contributed by atoms with van der Waals surface area (Å²) in [5.41, 5.74) is -0.185. The van der Waals surface area contributed by atoms with Crippen LogP contribution >= 0.6 is 11.8 Å². The number of hydrogen-bond donors (Lipinski definition) is 1. The largest absolute Gasteiger partial charge is 0.342 e. The average Bonchev–Trinajstić information content (AvgIpc) is 2.65. The van der Waals surface area contributed by atoms with Gasteiger partial charge in [-0.3, -0.25) is 9.59 Å². The van der Waals surface area contributed by atoms with Crippen LogP contribution in [0.3, 0.4) is 0 Å². The minimum atomic E-state index is -0.185. The summed E-state index contributed by atoms with van der Waals surface area (Å²) in [6.45, 7) is 1.72. The first kappa shape index (κ1) is 13.1. The van der Waals surface area contributed by atoms with Gasteiger partial charge >= 0.3 is 0 Å². The van der Waals surface area contributed by atoms with E-state index in [1.165, 1.54) is 36.9 Å². The minimum Gasteiger partial charge on any atom is -0.342 e. The number of rotatable bonds is 3. The highest BCUT2D eigenvalue weighted by molar-refractivity contribution is 7.99. The Hall–Kier alpha value is -1.30. The van der Waals surface area contributed by atoms with Gasteiger partial charge in [0.1, 0.15) is 0 Å². The van der Waals surface area contributed by atoms with Gasteiger partial charge in [-0.25, -0.2) is 4.98 Å². The number of carbonyl (C=O) groups excluding carboxylic acids is 1. The lowest BCUT2D eigenvalue weighted by atomic mass is 10.2. The van der Waals surface area contributed by atoms with Crippen LogP contribution in [0.25, 0.3) is 0 Å². The molecule has 98 valence electrons. The number of aromatic amines is 1. The fourth-order valence-corrected chi connectivity index (χ4v) is 2.72. The average molecular weight is 267 g/mol. The van der Waals surface area contributed by atoms with E-state index in [2.05, 4.69) is 9.97 Å². The predicted molar refractivity (Wildman–Crippen MR) is 70.6 cm³/mol. The Kier molecular flexibility index (Phi) is 4.81. The quantitative estimate of drug-likeness (QED) is 0.661. The van der Waals surface area contributed by atoms with Crippen LogP contribution in [0, 0.1) is 0 Å². The third kappa shape index (κ3) is 3.87. The molecule has 1 fully saturated rings. The van der Waals surface area contributed by atoms with Crippen molar-refractivity contribution in [3.63, 3.8) is 0 Å². The molecular weight excluding hydrogens is 250 g/mol. The monoisotopic (exact) mass is 267 g/mol. The van der Waals surface area contributed by atoms with Gasteiger partial charge in [0.05, 0.1) is 5.75 Å². The van der Waals surface area contributed by atoms with Crippen LogP contribution in [-0.2, 0) is 4.79 Å². The molecule has 6 heteroatoms. The van der Waals surface area contributed by atoms with Crippen molar-refractivity contribution in [3.05, 3.63) is 22.6 Å². The number of nitrogens with zero attached hydrogens (tertiary/aromatic N) is 2. The molecule has 0 aliphatic carbocycles. The normalized spacial score (nSPS) is 16.3. The first-order chi connectivity index (χ1) is 8.75. The van der Waals surface area contributed by atoms with Gasteiger partial charge in [-0.1, -0.05) is 24.6 Å². The Bertz CT molecular complexity index is 453. The maximum absolute atomic E-state index is 12.0. The topological polar surface area (TPSA) is 66.1 Å². The number of likely N-dealkylation sites (tertiary alicyclic amines) is 1. The Balaban J connectivity index is 1.85. The highest BCUT2D eigenvalue weighted by Gasteiger charge is 2.15. The van der Waals surface area contributed by atoms with Gasteiger partial charge in [0.15, 0.2) is 5.16 Å². The number of H-pyrrole nitrogens is 1. The van der Waals surface area contributed by atoms with E-state index in [-0.39, 0.29) is 11.5 Å². The van der Waals surface area contributed by atoms with Gasteiger partial charge in [0, 0.05) is 25.4 Å². The van der Waals surface area contributed by atoms with Gasteiger partial charge in [0.25, 0.3) is 5.56 Å². The fourth-order valence-electron chi connectivity index (χ4n) is 1.97. The SMILES string of the molecule is O=C(CSc1nccc(=O)[nH]1)N1CCCCCC1. The summed E-state index contributed by atoms with van der Waals surface area (Å²) in [6.07, 6.45) is 6.07. The molecular formula is C12H17N3O2S. The Morgan fingerprint density at radius 2 is 2.06 bits per heavy atom. The van der Waals surface area contributed by atoms with Crippen molar-refractivity contribution < 1.29 is 4.79 Å². The van der Waals surface area contributed by atoms with Crippen molar-refractivity contribution in [3.8, 4) is 0 Å². The maximum Gasteiger partial charge on any atom is 0.251 e. The second kappa shape index (κ2) is 6.58. The molecule has 1 amide bonds. The predicted octanol–water partition coefficient (Wildman–Crippen LogP) is 1.26. The lowest BCUT2D eigenvalue weighted by Gasteiger charge is -2.19.